The van der Waals surface area contributed by atoms with Crippen LogP contribution in [0.5, 0.6) is 0 Å². The van der Waals surface area contributed by atoms with Gasteiger partial charge in [-0.15, -0.1) is 0 Å². The van der Waals surface area contributed by atoms with Crippen LogP contribution in [0.25, 0.3) is 0 Å². The fourth-order valence-corrected chi connectivity index (χ4v) is 3.09. The molecule has 132 valence electrons. The summed E-state index contributed by atoms with van der Waals surface area (Å²) < 4.78 is 13.0. The van der Waals surface area contributed by atoms with Gasteiger partial charge in [0.2, 0.25) is 5.91 Å². The number of benzene rings is 2. The van der Waals surface area contributed by atoms with Crippen LogP contribution in [0.1, 0.15) is 12.0 Å². The predicted octanol–water partition coefficient (Wildman–Crippen LogP) is 3.28. The van der Waals surface area contributed by atoms with E-state index in [1.165, 1.54) is 12.1 Å². The van der Waals surface area contributed by atoms with Crippen LogP contribution >= 0.6 is 0 Å². The van der Waals surface area contributed by atoms with Gasteiger partial charge in [0.1, 0.15) is 5.82 Å². The number of carbonyl (C=O) groups is 1. The highest BCUT2D eigenvalue weighted by molar-refractivity contribution is 5.90. The zero-order valence-electron chi connectivity index (χ0n) is 14.5. The molecule has 2 aromatic rings. The Hall–Kier alpha value is -2.40. The molecule has 4 nitrogen and oxygen atoms in total. The Bertz CT molecular complexity index is 709. The molecule has 1 N–H and O–H groups in total. The van der Waals surface area contributed by atoms with Crippen molar-refractivity contribution in [2.45, 2.75) is 13.3 Å². The highest BCUT2D eigenvalue weighted by Gasteiger charge is 2.17. The normalized spacial score (nSPS) is 15.2. The largest absolute Gasteiger partial charge is 0.369 e. The Kier molecular flexibility index (Phi) is 5.66. The lowest BCUT2D eigenvalue weighted by atomic mass is 10.2. The average molecular weight is 341 g/mol. The van der Waals surface area contributed by atoms with Crippen LogP contribution in [0.2, 0.25) is 0 Å². The fraction of sp³-hybridized carbons (Fsp3) is 0.350. The molecule has 0 aliphatic carbocycles. The van der Waals surface area contributed by atoms with Crippen molar-refractivity contribution in [2.75, 3.05) is 42.9 Å². The first-order chi connectivity index (χ1) is 12.1. The summed E-state index contributed by atoms with van der Waals surface area (Å²) in [6.07, 6.45) is 0.491. The molecule has 0 unspecified atom stereocenters. The van der Waals surface area contributed by atoms with Crippen LogP contribution < -0.4 is 10.2 Å². The minimum atomic E-state index is -0.206. The van der Waals surface area contributed by atoms with Gasteiger partial charge in [-0.05, 0) is 48.9 Å². The summed E-state index contributed by atoms with van der Waals surface area (Å²) in [5, 5.41) is 2.95. The maximum Gasteiger partial charge on any atom is 0.225 e. The highest BCUT2D eigenvalue weighted by atomic mass is 19.1. The quantitative estimate of drug-likeness (QED) is 0.906. The van der Waals surface area contributed by atoms with E-state index in [-0.39, 0.29) is 11.7 Å². The van der Waals surface area contributed by atoms with Crippen LogP contribution in [-0.4, -0.2) is 43.5 Å². The Morgan fingerprint density at radius 1 is 1.08 bits per heavy atom. The van der Waals surface area contributed by atoms with Crippen LogP contribution in [0.15, 0.2) is 48.5 Å². The number of rotatable bonds is 5. The van der Waals surface area contributed by atoms with Gasteiger partial charge in [-0.2, -0.15) is 0 Å². The Labute approximate surface area is 148 Å². The monoisotopic (exact) mass is 341 g/mol. The molecule has 3 rings (SSSR count). The topological polar surface area (TPSA) is 35.6 Å². The summed E-state index contributed by atoms with van der Waals surface area (Å²) in [4.78, 5) is 16.7. The molecule has 1 fully saturated rings. The molecule has 25 heavy (non-hydrogen) atoms. The minimum absolute atomic E-state index is 0.0477. The van der Waals surface area contributed by atoms with E-state index in [1.54, 1.807) is 0 Å². The van der Waals surface area contributed by atoms with Crippen molar-refractivity contribution in [2.24, 2.45) is 0 Å². The number of anilines is 2. The van der Waals surface area contributed by atoms with Gasteiger partial charge in [-0.1, -0.05) is 12.1 Å². The minimum Gasteiger partial charge on any atom is -0.369 e. The summed E-state index contributed by atoms with van der Waals surface area (Å²) in [6, 6.07) is 14.5. The first-order valence-electron chi connectivity index (χ1n) is 8.69. The predicted molar refractivity (Wildman–Crippen MR) is 99.5 cm³/mol. The van der Waals surface area contributed by atoms with Crippen molar-refractivity contribution in [1.29, 1.82) is 0 Å². The van der Waals surface area contributed by atoms with E-state index in [4.69, 9.17) is 0 Å². The van der Waals surface area contributed by atoms with E-state index in [1.807, 2.05) is 43.3 Å². The van der Waals surface area contributed by atoms with Gasteiger partial charge >= 0.3 is 0 Å². The third-order valence-corrected chi connectivity index (χ3v) is 4.52. The SMILES string of the molecule is Cc1cccc(NC(=O)CCN2CCN(c3ccc(F)cc3)CC2)c1. The third kappa shape index (κ3) is 5.03. The van der Waals surface area contributed by atoms with Gasteiger partial charge in [0, 0.05) is 50.5 Å². The van der Waals surface area contributed by atoms with Crippen molar-refractivity contribution in [3.8, 4) is 0 Å². The van der Waals surface area contributed by atoms with Gasteiger partial charge in [-0.25, -0.2) is 4.39 Å². The first-order valence-corrected chi connectivity index (χ1v) is 8.69. The number of halogens is 1. The van der Waals surface area contributed by atoms with Crippen molar-refractivity contribution in [3.05, 3.63) is 59.9 Å². The molecule has 5 heteroatoms. The van der Waals surface area contributed by atoms with Crippen molar-refractivity contribution in [1.82, 2.24) is 4.90 Å². The van der Waals surface area contributed by atoms with Crippen LogP contribution in [0, 0.1) is 12.7 Å². The van der Waals surface area contributed by atoms with Gasteiger partial charge in [-0.3, -0.25) is 9.69 Å². The summed E-state index contributed by atoms with van der Waals surface area (Å²) in [7, 11) is 0. The average Bonchev–Trinajstić information content (AvgIpc) is 2.61. The Balaban J connectivity index is 1.41. The molecule has 0 saturated carbocycles. The number of nitrogens with one attached hydrogen (secondary N) is 1. The molecule has 0 atom stereocenters. The molecule has 1 aliphatic rings. The molecule has 0 bridgehead atoms. The highest BCUT2D eigenvalue weighted by Crippen LogP contribution is 2.17. The van der Waals surface area contributed by atoms with Crippen LogP contribution in [-0.2, 0) is 4.79 Å². The Morgan fingerprint density at radius 3 is 2.48 bits per heavy atom. The lowest BCUT2D eigenvalue weighted by molar-refractivity contribution is -0.116. The number of carbonyl (C=O) groups excluding carboxylic acids is 1. The second-order valence-corrected chi connectivity index (χ2v) is 6.47. The summed E-state index contributed by atoms with van der Waals surface area (Å²) in [5.74, 6) is -0.159. The molecule has 2 aromatic carbocycles. The third-order valence-electron chi connectivity index (χ3n) is 4.52. The second kappa shape index (κ2) is 8.12. The number of piperazine rings is 1. The van der Waals surface area contributed by atoms with Gasteiger partial charge in [0.15, 0.2) is 0 Å². The maximum absolute atomic E-state index is 13.0. The summed E-state index contributed by atoms with van der Waals surface area (Å²) in [5.41, 5.74) is 3.04. The molecule has 1 saturated heterocycles. The standard InChI is InChI=1S/C20H24FN3O/c1-16-3-2-4-18(15-16)22-20(25)9-10-23-11-13-24(14-12-23)19-7-5-17(21)6-8-19/h2-8,15H,9-14H2,1H3,(H,22,25). The molecule has 1 aliphatic heterocycles. The summed E-state index contributed by atoms with van der Waals surface area (Å²) >= 11 is 0. The number of amides is 1. The van der Waals surface area contributed by atoms with E-state index in [9.17, 15) is 9.18 Å². The Morgan fingerprint density at radius 2 is 1.80 bits per heavy atom. The zero-order valence-corrected chi connectivity index (χ0v) is 14.5. The van der Waals surface area contributed by atoms with E-state index in [0.29, 0.717) is 6.42 Å². The fourth-order valence-electron chi connectivity index (χ4n) is 3.09. The van der Waals surface area contributed by atoms with Gasteiger partial charge in [0.25, 0.3) is 0 Å². The lowest BCUT2D eigenvalue weighted by Gasteiger charge is -2.36. The zero-order chi connectivity index (χ0) is 17.6. The lowest BCUT2D eigenvalue weighted by Crippen LogP contribution is -2.47. The van der Waals surface area contributed by atoms with Gasteiger partial charge < -0.3 is 10.2 Å². The number of hydrogen-bond donors (Lipinski definition) is 1. The van der Waals surface area contributed by atoms with Crippen LogP contribution in [0.4, 0.5) is 15.8 Å². The summed E-state index contributed by atoms with van der Waals surface area (Å²) in [6.45, 7) is 6.38. The maximum atomic E-state index is 13.0. The van der Waals surface area contributed by atoms with E-state index in [2.05, 4.69) is 15.1 Å². The molecule has 1 amide bonds. The number of hydrogen-bond acceptors (Lipinski definition) is 3. The first kappa shape index (κ1) is 17.4. The van der Waals surface area contributed by atoms with Crippen molar-refractivity contribution >= 4 is 17.3 Å². The molecular weight excluding hydrogens is 317 g/mol. The van der Waals surface area contributed by atoms with E-state index >= 15 is 0 Å². The van der Waals surface area contributed by atoms with E-state index < -0.39 is 0 Å². The van der Waals surface area contributed by atoms with Crippen molar-refractivity contribution in [3.63, 3.8) is 0 Å². The van der Waals surface area contributed by atoms with Crippen LogP contribution in [0.3, 0.4) is 0 Å². The second-order valence-electron chi connectivity index (χ2n) is 6.47. The van der Waals surface area contributed by atoms with Crippen molar-refractivity contribution < 1.29 is 9.18 Å². The molecule has 0 radical (unpaired) electrons. The number of aryl methyl sites for hydroxylation is 1. The van der Waals surface area contributed by atoms with E-state index in [0.717, 1.165) is 49.7 Å². The number of nitrogens with zero attached hydrogens (tertiary/aromatic N) is 2. The molecule has 0 spiro atoms. The molecule has 0 aromatic heterocycles. The van der Waals surface area contributed by atoms with Gasteiger partial charge in [0.05, 0.1) is 0 Å². The molecule has 1 heterocycles. The molecular formula is C20H24FN3O. The smallest absolute Gasteiger partial charge is 0.225 e.